The summed E-state index contributed by atoms with van der Waals surface area (Å²) >= 11 is 0. The van der Waals surface area contributed by atoms with Crippen molar-refractivity contribution in [1.82, 2.24) is 9.13 Å². The Kier molecular flexibility index (Phi) is 3.30. The summed E-state index contributed by atoms with van der Waals surface area (Å²) < 4.78 is 66.2. The van der Waals surface area contributed by atoms with Gasteiger partial charge in [0.1, 0.15) is 0 Å². The Bertz CT molecular complexity index is 2500. The van der Waals surface area contributed by atoms with Crippen LogP contribution in [0.25, 0.3) is 66.1 Å². The van der Waals surface area contributed by atoms with Gasteiger partial charge in [-0.2, -0.15) is 0 Å². The van der Waals surface area contributed by atoms with E-state index in [2.05, 4.69) is 10.6 Å². The molecule has 0 aliphatic rings. The summed E-state index contributed by atoms with van der Waals surface area (Å²) in [5.74, 6) is 0. The third-order valence-electron chi connectivity index (χ3n) is 7.15. The van der Waals surface area contributed by atoms with Gasteiger partial charge in [-0.3, -0.25) is 0 Å². The van der Waals surface area contributed by atoms with Crippen molar-refractivity contribution < 1.29 is 9.60 Å². The topological polar surface area (TPSA) is 9.86 Å². The van der Waals surface area contributed by atoms with Crippen molar-refractivity contribution >= 4 is 43.6 Å². The largest absolute Gasteiger partial charge is 0.309 e. The van der Waals surface area contributed by atoms with Crippen LogP contribution in [0.5, 0.6) is 0 Å². The van der Waals surface area contributed by atoms with Gasteiger partial charge in [-0.1, -0.05) is 84.8 Å². The van der Waals surface area contributed by atoms with E-state index in [1.165, 1.54) is 0 Å². The second kappa shape index (κ2) is 8.22. The Morgan fingerprint density at radius 3 is 1.84 bits per heavy atom. The maximum Gasteiger partial charge on any atom is 0.0645 e. The molecule has 2 heterocycles. The van der Waals surface area contributed by atoms with Crippen LogP contribution in [0, 0.1) is 0 Å². The number of hydrogen-bond donors (Lipinski definition) is 0. The van der Waals surface area contributed by atoms with Crippen LogP contribution in [0.3, 0.4) is 0 Å². The number of fused-ring (bicyclic) bond motifs is 6. The van der Waals surface area contributed by atoms with Crippen LogP contribution >= 0.6 is 0 Å². The van der Waals surface area contributed by atoms with Crippen molar-refractivity contribution in [3.05, 3.63) is 145 Å². The molecule has 2 nitrogen and oxygen atoms in total. The first-order valence-electron chi connectivity index (χ1n) is 16.0. The van der Waals surface area contributed by atoms with Crippen molar-refractivity contribution in [2.75, 3.05) is 0 Å². The normalized spacial score (nSPS) is 14.3. The highest BCUT2D eigenvalue weighted by atomic mass is 15.0. The first kappa shape index (κ1) is 15.2. The zero-order valence-electron chi connectivity index (χ0n) is 27.2. The van der Waals surface area contributed by atoms with Crippen LogP contribution < -0.4 is 0 Å². The van der Waals surface area contributed by atoms with Crippen LogP contribution in [0.4, 0.5) is 0 Å². The molecular weight excluding hydrogens is 460 g/mol. The van der Waals surface area contributed by atoms with E-state index >= 15 is 0 Å². The van der Waals surface area contributed by atoms with Crippen molar-refractivity contribution in [2.45, 2.75) is 0 Å². The van der Waals surface area contributed by atoms with E-state index in [-0.39, 0.29) is 57.6 Å². The van der Waals surface area contributed by atoms with E-state index in [1.807, 2.05) is 72.8 Å². The first-order chi connectivity index (χ1) is 21.8. The minimum Gasteiger partial charge on any atom is -0.309 e. The lowest BCUT2D eigenvalue weighted by Crippen LogP contribution is -1.93. The zero-order valence-corrected chi connectivity index (χ0v) is 20.2. The molecule has 0 saturated heterocycles. The van der Waals surface area contributed by atoms with Crippen LogP contribution in [0.15, 0.2) is 145 Å². The molecule has 0 atom stereocenters. The summed E-state index contributed by atoms with van der Waals surface area (Å²) in [6, 6.07) is 31.3. The van der Waals surface area contributed by atoms with Gasteiger partial charge in [0.25, 0.3) is 0 Å². The minimum absolute atomic E-state index is 0.0538. The molecule has 0 saturated carbocycles. The molecule has 0 amide bonds. The van der Waals surface area contributed by atoms with E-state index in [0.717, 1.165) is 27.5 Å². The van der Waals surface area contributed by atoms with Gasteiger partial charge in [-0.15, -0.1) is 0 Å². The van der Waals surface area contributed by atoms with Gasteiger partial charge in [0.05, 0.1) is 31.7 Å². The Balaban J connectivity index is 1.50. The average molecular weight is 492 g/mol. The van der Waals surface area contributed by atoms with E-state index in [0.29, 0.717) is 11.3 Å². The third kappa shape index (κ3) is 3.07. The molecule has 0 unspecified atom stereocenters. The molecule has 0 fully saturated rings. The fourth-order valence-corrected chi connectivity index (χ4v) is 5.48. The van der Waals surface area contributed by atoms with Crippen molar-refractivity contribution in [3.8, 4) is 22.5 Å². The second-order valence-electron chi connectivity index (χ2n) is 9.29. The number of rotatable bonds is 3. The fraction of sp³-hybridized carbons (Fsp3) is 0. The Labute approximate surface area is 230 Å². The highest BCUT2D eigenvalue weighted by molar-refractivity contribution is 6.12. The maximum absolute atomic E-state index is 9.50. The molecule has 0 radical (unpaired) electrons. The van der Waals surface area contributed by atoms with E-state index in [9.17, 15) is 4.11 Å². The third-order valence-corrected chi connectivity index (χ3v) is 7.15. The first-order valence-corrected chi connectivity index (χ1v) is 12.5. The van der Waals surface area contributed by atoms with Crippen LogP contribution in [-0.4, -0.2) is 9.13 Å². The monoisotopic (exact) mass is 491 g/mol. The molecule has 0 N–H and O–H groups in total. The predicted octanol–water partition coefficient (Wildman–Crippen LogP) is 9.55. The Morgan fingerprint density at radius 1 is 0.421 bits per heavy atom. The molecule has 8 rings (SSSR count). The molecular formula is C36H24N2. The van der Waals surface area contributed by atoms with Gasteiger partial charge in [0, 0.05) is 32.9 Å². The quantitative estimate of drug-likeness (QED) is 0.233. The molecule has 2 aromatic heterocycles. The molecule has 178 valence electrons. The Morgan fingerprint density at radius 2 is 1.05 bits per heavy atom. The van der Waals surface area contributed by atoms with Gasteiger partial charge in [-0.05, 0) is 71.7 Å². The fourth-order valence-electron chi connectivity index (χ4n) is 5.48. The van der Waals surface area contributed by atoms with Crippen molar-refractivity contribution in [1.29, 1.82) is 0 Å². The summed E-state index contributed by atoms with van der Waals surface area (Å²) in [4.78, 5) is 0. The zero-order chi connectivity index (χ0) is 31.1. The highest BCUT2D eigenvalue weighted by Crippen LogP contribution is 2.38. The molecule has 0 aliphatic carbocycles. The molecule has 2 heteroatoms. The molecule has 0 aliphatic heterocycles. The van der Waals surface area contributed by atoms with Crippen molar-refractivity contribution in [2.24, 2.45) is 0 Å². The summed E-state index contributed by atoms with van der Waals surface area (Å²) in [5, 5.41) is 2.34. The van der Waals surface area contributed by atoms with Gasteiger partial charge in [0.2, 0.25) is 0 Å². The summed E-state index contributed by atoms with van der Waals surface area (Å²) in [6.07, 6.45) is 0. The number of hydrogen-bond acceptors (Lipinski definition) is 0. The lowest BCUT2D eigenvalue weighted by atomic mass is 10.0. The highest BCUT2D eigenvalue weighted by Gasteiger charge is 2.15. The standard InChI is InChI=1S/C36H24N2/c1-3-11-27(12-4-1)37-33-17-9-7-15-29(33)31-23-25(19-21-35(31)37)26-20-22-36-32(24-26)30-16-8-10-18-34(30)38(36)28-13-5-2-6-14-28/h1-24H/i7D,9D,15D,17D,19D,21D,23D. The molecule has 8 aromatic rings. The lowest BCUT2D eigenvalue weighted by Gasteiger charge is -2.09. The molecule has 38 heavy (non-hydrogen) atoms. The van der Waals surface area contributed by atoms with E-state index in [4.69, 9.17) is 5.48 Å². The number of para-hydroxylation sites is 4. The van der Waals surface area contributed by atoms with Crippen LogP contribution in [-0.2, 0) is 0 Å². The predicted molar refractivity (Wildman–Crippen MR) is 161 cm³/mol. The summed E-state index contributed by atoms with van der Waals surface area (Å²) in [7, 11) is 0. The minimum atomic E-state index is -0.405. The van der Waals surface area contributed by atoms with Gasteiger partial charge in [-0.25, -0.2) is 0 Å². The maximum atomic E-state index is 9.50. The number of aromatic nitrogens is 2. The van der Waals surface area contributed by atoms with Gasteiger partial charge < -0.3 is 9.13 Å². The average Bonchev–Trinajstić information content (AvgIpc) is 3.60. The summed E-state index contributed by atoms with van der Waals surface area (Å²) in [6.45, 7) is 0. The number of nitrogens with zero attached hydrogens (tertiary/aromatic N) is 2. The number of benzene rings is 6. The van der Waals surface area contributed by atoms with Crippen LogP contribution in [0.1, 0.15) is 9.60 Å². The van der Waals surface area contributed by atoms with Gasteiger partial charge in [0.15, 0.2) is 0 Å². The smallest absolute Gasteiger partial charge is 0.0645 e. The van der Waals surface area contributed by atoms with Gasteiger partial charge >= 0.3 is 0 Å². The summed E-state index contributed by atoms with van der Waals surface area (Å²) in [5.41, 5.74) is 4.80. The molecule has 0 spiro atoms. The lowest BCUT2D eigenvalue weighted by molar-refractivity contribution is 1.18. The Hall–Kier alpha value is -5.08. The second-order valence-corrected chi connectivity index (χ2v) is 9.29. The van der Waals surface area contributed by atoms with Crippen LogP contribution in [0.2, 0.25) is 0 Å². The SMILES string of the molecule is [2H]c1c([2H])c([2H])c2c(c1[2H])c1c([2H])c(-c3ccc4c(c3)c3ccccc3n4-c3ccccc3)c([2H])c([2H])c1n2-c1ccccc1. The molecule has 6 aromatic carbocycles. The van der Waals surface area contributed by atoms with E-state index in [1.54, 1.807) is 28.8 Å². The van der Waals surface area contributed by atoms with E-state index < -0.39 is 12.1 Å². The molecule has 0 bridgehead atoms. The van der Waals surface area contributed by atoms with Crippen molar-refractivity contribution in [3.63, 3.8) is 0 Å².